The predicted octanol–water partition coefficient (Wildman–Crippen LogP) is 1.96. The Kier molecular flexibility index (Phi) is 5.61. The second kappa shape index (κ2) is 7.82. The molecule has 0 spiro atoms. The van der Waals surface area contributed by atoms with Gasteiger partial charge < -0.3 is 4.74 Å². The summed E-state index contributed by atoms with van der Waals surface area (Å²) in [4.78, 5) is 46.3. The number of ether oxygens (including phenoxy) is 1. The van der Waals surface area contributed by atoms with Crippen LogP contribution in [0.1, 0.15) is 18.1 Å². The molecule has 0 unspecified atom stereocenters. The number of esters is 1. The number of nitrogens with zero attached hydrogens (tertiary/aromatic N) is 4. The Hall–Kier alpha value is -2.94. The average molecular weight is 414 g/mol. The SMILES string of the molecule is COC(=O)[C@@H](C)Sc1nc(-c2cc(C)cc(C)c2)nc2c1c(=O)n(C)c(=O)n2C. The maximum Gasteiger partial charge on any atom is 0.332 e. The highest BCUT2D eigenvalue weighted by molar-refractivity contribution is 8.00. The molecule has 0 amide bonds. The van der Waals surface area contributed by atoms with E-state index >= 15 is 0 Å². The molecule has 1 aromatic carbocycles. The quantitative estimate of drug-likeness (QED) is 0.366. The van der Waals surface area contributed by atoms with Gasteiger partial charge in [-0.2, -0.15) is 0 Å². The highest BCUT2D eigenvalue weighted by Crippen LogP contribution is 2.30. The molecule has 0 bridgehead atoms. The number of aryl methyl sites for hydroxylation is 3. The molecule has 0 saturated carbocycles. The number of hydrogen-bond donors (Lipinski definition) is 0. The van der Waals surface area contributed by atoms with Crippen LogP contribution in [0.15, 0.2) is 32.8 Å². The van der Waals surface area contributed by atoms with E-state index in [-0.39, 0.29) is 11.0 Å². The topological polar surface area (TPSA) is 96.1 Å². The van der Waals surface area contributed by atoms with E-state index in [2.05, 4.69) is 9.97 Å². The fraction of sp³-hybridized carbons (Fsp3) is 0.350. The van der Waals surface area contributed by atoms with E-state index in [1.165, 1.54) is 18.7 Å². The molecule has 0 aliphatic carbocycles. The van der Waals surface area contributed by atoms with Crippen LogP contribution in [-0.4, -0.2) is 37.4 Å². The molecule has 29 heavy (non-hydrogen) atoms. The van der Waals surface area contributed by atoms with Gasteiger partial charge in [0.05, 0.1) is 7.11 Å². The van der Waals surface area contributed by atoms with Crippen molar-refractivity contribution in [2.24, 2.45) is 14.1 Å². The first kappa shape index (κ1) is 20.8. The molecule has 2 aromatic heterocycles. The van der Waals surface area contributed by atoms with Gasteiger partial charge in [-0.1, -0.05) is 29.0 Å². The van der Waals surface area contributed by atoms with Gasteiger partial charge in [0.2, 0.25) is 0 Å². The molecule has 3 rings (SSSR count). The van der Waals surface area contributed by atoms with E-state index in [4.69, 9.17) is 4.74 Å². The van der Waals surface area contributed by atoms with Crippen molar-refractivity contribution in [3.8, 4) is 11.4 Å². The second-order valence-electron chi connectivity index (χ2n) is 6.92. The van der Waals surface area contributed by atoms with Crippen LogP contribution in [-0.2, 0) is 23.6 Å². The molecule has 152 valence electrons. The minimum Gasteiger partial charge on any atom is -0.468 e. The van der Waals surface area contributed by atoms with Crippen molar-refractivity contribution in [3.63, 3.8) is 0 Å². The van der Waals surface area contributed by atoms with E-state index in [1.807, 2.05) is 32.0 Å². The zero-order valence-corrected chi connectivity index (χ0v) is 18.0. The molecule has 2 heterocycles. The zero-order chi connectivity index (χ0) is 21.5. The van der Waals surface area contributed by atoms with Gasteiger partial charge in [0.25, 0.3) is 5.56 Å². The molecule has 3 aromatic rings. The molecular formula is C20H22N4O4S. The standard InChI is InChI=1S/C20H22N4O4S/c1-10-7-11(2)9-13(8-10)15-21-16-14(18(25)24(5)20(27)23(16)4)17(22-15)29-12(3)19(26)28-6/h7-9,12H,1-6H3/t12-/m1/s1. The third-order valence-corrected chi connectivity index (χ3v) is 5.63. The first-order valence-electron chi connectivity index (χ1n) is 8.95. The summed E-state index contributed by atoms with van der Waals surface area (Å²) in [6.45, 7) is 5.61. The summed E-state index contributed by atoms with van der Waals surface area (Å²) in [5.74, 6) is -0.0523. The lowest BCUT2D eigenvalue weighted by Crippen LogP contribution is -2.37. The van der Waals surface area contributed by atoms with Crippen LogP contribution in [0.4, 0.5) is 0 Å². The van der Waals surface area contributed by atoms with Crippen LogP contribution >= 0.6 is 11.8 Å². The van der Waals surface area contributed by atoms with Gasteiger partial charge >= 0.3 is 11.7 Å². The van der Waals surface area contributed by atoms with Gasteiger partial charge in [0.15, 0.2) is 11.5 Å². The fourth-order valence-electron chi connectivity index (χ4n) is 3.13. The third kappa shape index (κ3) is 3.82. The first-order chi connectivity index (χ1) is 13.6. The Morgan fingerprint density at radius 3 is 2.28 bits per heavy atom. The van der Waals surface area contributed by atoms with Gasteiger partial charge in [0.1, 0.15) is 15.7 Å². The summed E-state index contributed by atoms with van der Waals surface area (Å²) in [7, 11) is 4.27. The van der Waals surface area contributed by atoms with Gasteiger partial charge in [-0.25, -0.2) is 14.8 Å². The molecule has 0 fully saturated rings. The van der Waals surface area contributed by atoms with Crippen LogP contribution in [0.25, 0.3) is 22.4 Å². The summed E-state index contributed by atoms with van der Waals surface area (Å²) >= 11 is 1.11. The Morgan fingerprint density at radius 1 is 1.07 bits per heavy atom. The van der Waals surface area contributed by atoms with Crippen molar-refractivity contribution < 1.29 is 9.53 Å². The maximum atomic E-state index is 12.8. The highest BCUT2D eigenvalue weighted by Gasteiger charge is 2.23. The van der Waals surface area contributed by atoms with E-state index in [9.17, 15) is 14.4 Å². The largest absolute Gasteiger partial charge is 0.468 e. The molecule has 1 atom stereocenters. The maximum absolute atomic E-state index is 12.8. The molecule has 0 N–H and O–H groups in total. The van der Waals surface area contributed by atoms with Gasteiger partial charge in [-0.3, -0.25) is 18.7 Å². The van der Waals surface area contributed by atoms with E-state index in [0.717, 1.165) is 33.0 Å². The number of thioether (sulfide) groups is 1. The second-order valence-corrected chi connectivity index (χ2v) is 8.25. The Bertz CT molecular complexity index is 1230. The first-order valence-corrected chi connectivity index (χ1v) is 9.83. The lowest BCUT2D eigenvalue weighted by molar-refractivity contribution is -0.139. The predicted molar refractivity (Wildman–Crippen MR) is 112 cm³/mol. The summed E-state index contributed by atoms with van der Waals surface area (Å²) in [6.07, 6.45) is 0. The van der Waals surface area contributed by atoms with Crippen LogP contribution in [0.3, 0.4) is 0 Å². The number of hydrogen-bond acceptors (Lipinski definition) is 7. The summed E-state index contributed by atoms with van der Waals surface area (Å²) < 4.78 is 7.12. The summed E-state index contributed by atoms with van der Waals surface area (Å²) in [5, 5.41) is -0.0612. The number of benzene rings is 1. The lowest BCUT2D eigenvalue weighted by atomic mass is 10.1. The lowest BCUT2D eigenvalue weighted by Gasteiger charge is -2.14. The van der Waals surface area contributed by atoms with Gasteiger partial charge in [0, 0.05) is 19.7 Å². The van der Waals surface area contributed by atoms with E-state index < -0.39 is 22.5 Å². The highest BCUT2D eigenvalue weighted by atomic mass is 32.2. The van der Waals surface area contributed by atoms with Crippen molar-refractivity contribution in [3.05, 3.63) is 50.2 Å². The molecule has 0 radical (unpaired) electrons. The molecule has 0 aliphatic rings. The van der Waals surface area contributed by atoms with Crippen LogP contribution < -0.4 is 11.2 Å². The van der Waals surface area contributed by atoms with Crippen molar-refractivity contribution in [2.45, 2.75) is 31.0 Å². The minimum absolute atomic E-state index is 0.198. The van der Waals surface area contributed by atoms with Crippen molar-refractivity contribution >= 4 is 28.8 Å². The molecular weight excluding hydrogens is 392 g/mol. The fourth-order valence-corrected chi connectivity index (χ4v) is 4.09. The number of rotatable bonds is 4. The van der Waals surface area contributed by atoms with E-state index in [0.29, 0.717) is 10.9 Å². The van der Waals surface area contributed by atoms with Crippen LogP contribution in [0, 0.1) is 13.8 Å². The van der Waals surface area contributed by atoms with Crippen LogP contribution in [0.5, 0.6) is 0 Å². The van der Waals surface area contributed by atoms with Crippen LogP contribution in [0.2, 0.25) is 0 Å². The Morgan fingerprint density at radius 2 is 1.69 bits per heavy atom. The summed E-state index contributed by atoms with van der Waals surface area (Å²) in [6, 6.07) is 5.90. The number of carbonyl (C=O) groups excluding carboxylic acids is 1. The van der Waals surface area contributed by atoms with Crippen molar-refractivity contribution in [1.82, 2.24) is 19.1 Å². The molecule has 9 heteroatoms. The van der Waals surface area contributed by atoms with E-state index in [1.54, 1.807) is 14.0 Å². The normalized spacial score (nSPS) is 12.2. The number of methoxy groups -OCH3 is 1. The molecule has 0 aliphatic heterocycles. The van der Waals surface area contributed by atoms with Crippen molar-refractivity contribution in [2.75, 3.05) is 7.11 Å². The molecule has 0 saturated heterocycles. The summed E-state index contributed by atoms with van der Waals surface area (Å²) in [5.41, 5.74) is 2.09. The number of aromatic nitrogens is 4. The van der Waals surface area contributed by atoms with Crippen molar-refractivity contribution in [1.29, 1.82) is 0 Å². The van der Waals surface area contributed by atoms with Gasteiger partial charge in [-0.15, -0.1) is 0 Å². The number of carbonyl (C=O) groups is 1. The minimum atomic E-state index is -0.591. The zero-order valence-electron chi connectivity index (χ0n) is 17.1. The number of fused-ring (bicyclic) bond motifs is 1. The Labute approximate surface area is 171 Å². The monoisotopic (exact) mass is 414 g/mol. The Balaban J connectivity index is 2.37. The third-order valence-electron chi connectivity index (χ3n) is 4.57. The molecule has 8 nitrogen and oxygen atoms in total. The van der Waals surface area contributed by atoms with Gasteiger partial charge in [-0.05, 0) is 32.9 Å². The smallest absolute Gasteiger partial charge is 0.332 e. The average Bonchev–Trinajstić information content (AvgIpc) is 2.68.